The molecule has 0 saturated carbocycles. The second-order valence-corrected chi connectivity index (χ2v) is 5.47. The molecule has 0 spiro atoms. The van der Waals surface area contributed by atoms with E-state index in [4.69, 9.17) is 4.74 Å². The lowest BCUT2D eigenvalue weighted by atomic mass is 10.1. The second kappa shape index (κ2) is 8.16. The molecule has 0 aromatic heterocycles. The minimum absolute atomic E-state index is 0.160. The van der Waals surface area contributed by atoms with Crippen molar-refractivity contribution >= 4 is 5.97 Å². The Balaban J connectivity index is 2.06. The molecule has 1 unspecified atom stereocenters. The van der Waals surface area contributed by atoms with Crippen LogP contribution < -0.4 is 4.74 Å². The Bertz CT molecular complexity index is 691. The smallest absolute Gasteiger partial charge is 0.423 e. The van der Waals surface area contributed by atoms with Crippen LogP contribution in [0.3, 0.4) is 0 Å². The maximum absolute atomic E-state index is 12.4. The average Bonchev–Trinajstić information content (AvgIpc) is 2.59. The summed E-state index contributed by atoms with van der Waals surface area (Å²) in [5.41, 5.74) is 1.73. The fourth-order valence-corrected chi connectivity index (χ4v) is 2.34. The van der Waals surface area contributed by atoms with Crippen LogP contribution in [0.25, 0.3) is 0 Å². The van der Waals surface area contributed by atoms with Gasteiger partial charge in [0.25, 0.3) is 0 Å². The second-order valence-electron chi connectivity index (χ2n) is 5.47. The van der Waals surface area contributed by atoms with Gasteiger partial charge in [0.1, 0.15) is 5.75 Å². The summed E-state index contributed by atoms with van der Waals surface area (Å²) < 4.78 is 46.5. The van der Waals surface area contributed by atoms with Gasteiger partial charge in [-0.25, -0.2) is 4.79 Å². The lowest BCUT2D eigenvalue weighted by Gasteiger charge is -2.18. The quantitative estimate of drug-likeness (QED) is 0.512. The Labute approximate surface area is 144 Å². The van der Waals surface area contributed by atoms with Crippen molar-refractivity contribution in [3.63, 3.8) is 0 Å². The predicted octanol–water partition coefficient (Wildman–Crippen LogP) is 5.46. The highest BCUT2D eigenvalue weighted by atomic mass is 19.4. The molecule has 2 aromatic rings. The van der Waals surface area contributed by atoms with Crippen molar-refractivity contribution in [3.8, 4) is 5.75 Å². The first kappa shape index (κ1) is 19.0. The van der Waals surface area contributed by atoms with Crippen LogP contribution in [-0.2, 0) is 11.2 Å². The first-order valence-electron chi connectivity index (χ1n) is 7.98. The summed E-state index contributed by atoms with van der Waals surface area (Å²) in [6, 6.07) is 12.9. The highest BCUT2D eigenvalue weighted by Crippen LogP contribution is 2.30. The van der Waals surface area contributed by atoms with Crippen LogP contribution >= 0.6 is 0 Å². The summed E-state index contributed by atoms with van der Waals surface area (Å²) in [6.07, 6.45) is -4.77. The van der Waals surface area contributed by atoms with Crippen molar-refractivity contribution in [1.29, 1.82) is 0 Å². The first-order valence-corrected chi connectivity index (χ1v) is 7.98. The van der Waals surface area contributed by atoms with Crippen molar-refractivity contribution in [2.24, 2.45) is 0 Å². The van der Waals surface area contributed by atoms with Crippen LogP contribution in [0.4, 0.5) is 13.2 Å². The first-order chi connectivity index (χ1) is 11.8. The van der Waals surface area contributed by atoms with Gasteiger partial charge < -0.3 is 4.74 Å². The Hall–Kier alpha value is -2.34. The van der Waals surface area contributed by atoms with E-state index >= 15 is 0 Å². The normalized spacial score (nSPS) is 12.7. The van der Waals surface area contributed by atoms with Gasteiger partial charge in [0.05, 0.1) is 11.7 Å². The summed E-state index contributed by atoms with van der Waals surface area (Å²) >= 11 is 0. The number of carbonyl (C=O) groups is 1. The molecular formula is C19H19F3O3. The third-order valence-corrected chi connectivity index (χ3v) is 3.71. The highest BCUT2D eigenvalue weighted by molar-refractivity contribution is 5.91. The Morgan fingerprint density at radius 2 is 1.60 bits per heavy atom. The Kier molecular flexibility index (Phi) is 6.20. The van der Waals surface area contributed by atoms with Crippen LogP contribution in [0, 0.1) is 0 Å². The van der Waals surface area contributed by atoms with E-state index in [1.165, 1.54) is 24.3 Å². The Morgan fingerprint density at radius 3 is 2.08 bits per heavy atom. The standard InChI is InChI=1S/C19H19F3O3/c1-3-13-5-11-16(12-6-13)24-18(23)15-9-7-14(8-10-15)17(4-2)25-19(20,21)22/h5-12,17H,3-4H2,1-2H3. The summed E-state index contributed by atoms with van der Waals surface area (Å²) in [6.45, 7) is 3.62. The minimum atomic E-state index is -4.71. The van der Waals surface area contributed by atoms with Gasteiger partial charge >= 0.3 is 12.3 Å². The van der Waals surface area contributed by atoms with Gasteiger partial charge in [-0.2, -0.15) is 0 Å². The number of esters is 1. The monoisotopic (exact) mass is 352 g/mol. The molecule has 0 heterocycles. The fourth-order valence-electron chi connectivity index (χ4n) is 2.34. The molecule has 0 bridgehead atoms. The van der Waals surface area contributed by atoms with Crippen LogP contribution in [0.2, 0.25) is 0 Å². The number of hydrogen-bond acceptors (Lipinski definition) is 3. The molecular weight excluding hydrogens is 333 g/mol. The predicted molar refractivity (Wildman–Crippen MR) is 87.4 cm³/mol. The molecule has 0 radical (unpaired) electrons. The van der Waals surface area contributed by atoms with Crippen LogP contribution in [0.5, 0.6) is 5.75 Å². The molecule has 0 fully saturated rings. The van der Waals surface area contributed by atoms with E-state index in [2.05, 4.69) is 4.74 Å². The molecule has 25 heavy (non-hydrogen) atoms. The van der Waals surface area contributed by atoms with E-state index < -0.39 is 18.4 Å². The van der Waals surface area contributed by atoms with Gasteiger partial charge in [-0.05, 0) is 48.2 Å². The molecule has 6 heteroatoms. The molecule has 0 amide bonds. The molecule has 0 aliphatic carbocycles. The van der Waals surface area contributed by atoms with E-state index in [0.717, 1.165) is 12.0 Å². The van der Waals surface area contributed by atoms with Crippen molar-refractivity contribution < 1.29 is 27.4 Å². The lowest BCUT2D eigenvalue weighted by molar-refractivity contribution is -0.345. The number of hydrogen-bond donors (Lipinski definition) is 0. The summed E-state index contributed by atoms with van der Waals surface area (Å²) in [5.74, 6) is -0.154. The van der Waals surface area contributed by atoms with E-state index in [9.17, 15) is 18.0 Å². The number of benzene rings is 2. The lowest BCUT2D eigenvalue weighted by Crippen LogP contribution is -2.18. The third-order valence-electron chi connectivity index (χ3n) is 3.71. The number of carbonyl (C=O) groups excluding carboxylic acids is 1. The summed E-state index contributed by atoms with van der Waals surface area (Å²) in [5, 5.41) is 0. The van der Waals surface area contributed by atoms with E-state index in [-0.39, 0.29) is 12.0 Å². The third kappa shape index (κ3) is 5.60. The number of ether oxygens (including phenoxy) is 2. The topological polar surface area (TPSA) is 35.5 Å². The molecule has 134 valence electrons. The van der Waals surface area contributed by atoms with Gasteiger partial charge in [-0.3, -0.25) is 4.74 Å². The molecule has 2 rings (SSSR count). The largest absolute Gasteiger partial charge is 0.523 e. The maximum Gasteiger partial charge on any atom is 0.523 e. The van der Waals surface area contributed by atoms with Crippen molar-refractivity contribution in [3.05, 3.63) is 65.2 Å². The molecule has 3 nitrogen and oxygen atoms in total. The minimum Gasteiger partial charge on any atom is -0.423 e. The van der Waals surface area contributed by atoms with Gasteiger partial charge in [-0.1, -0.05) is 38.1 Å². The van der Waals surface area contributed by atoms with E-state index in [1.807, 2.05) is 19.1 Å². The van der Waals surface area contributed by atoms with E-state index in [1.54, 1.807) is 19.1 Å². The Morgan fingerprint density at radius 1 is 1.00 bits per heavy atom. The maximum atomic E-state index is 12.4. The SMILES string of the molecule is CCc1ccc(OC(=O)c2ccc(C(CC)OC(F)(F)F)cc2)cc1. The average molecular weight is 352 g/mol. The van der Waals surface area contributed by atoms with Crippen molar-refractivity contribution in [2.45, 2.75) is 39.2 Å². The number of aryl methyl sites for hydroxylation is 1. The molecule has 0 aliphatic heterocycles. The molecule has 0 N–H and O–H groups in total. The van der Waals surface area contributed by atoms with Crippen LogP contribution in [0.15, 0.2) is 48.5 Å². The number of rotatable bonds is 6. The summed E-state index contributed by atoms with van der Waals surface area (Å²) in [4.78, 5) is 12.1. The number of alkyl halides is 3. The molecule has 2 aromatic carbocycles. The van der Waals surface area contributed by atoms with Gasteiger partial charge in [0.2, 0.25) is 0 Å². The van der Waals surface area contributed by atoms with Crippen molar-refractivity contribution in [1.82, 2.24) is 0 Å². The number of halogens is 3. The van der Waals surface area contributed by atoms with Crippen LogP contribution in [0.1, 0.15) is 47.9 Å². The van der Waals surface area contributed by atoms with Gasteiger partial charge in [-0.15, -0.1) is 13.2 Å². The zero-order valence-corrected chi connectivity index (χ0v) is 14.0. The van der Waals surface area contributed by atoms with Gasteiger partial charge in [0, 0.05) is 0 Å². The van der Waals surface area contributed by atoms with Crippen molar-refractivity contribution in [2.75, 3.05) is 0 Å². The summed E-state index contributed by atoms with van der Waals surface area (Å²) in [7, 11) is 0. The fraction of sp³-hybridized carbons (Fsp3) is 0.316. The van der Waals surface area contributed by atoms with Crippen LogP contribution in [-0.4, -0.2) is 12.3 Å². The van der Waals surface area contributed by atoms with E-state index in [0.29, 0.717) is 11.3 Å². The highest BCUT2D eigenvalue weighted by Gasteiger charge is 2.33. The van der Waals surface area contributed by atoms with Gasteiger partial charge in [0.15, 0.2) is 0 Å². The molecule has 1 atom stereocenters. The molecule has 0 aliphatic rings. The zero-order valence-electron chi connectivity index (χ0n) is 14.0. The molecule has 0 saturated heterocycles. The zero-order chi connectivity index (χ0) is 18.4.